The van der Waals surface area contributed by atoms with E-state index in [1.807, 2.05) is 4.90 Å². The molecule has 0 bridgehead atoms. The maximum Gasteiger partial charge on any atom is 0.263 e. The predicted molar refractivity (Wildman–Crippen MR) is 101 cm³/mol. The molecule has 0 unspecified atom stereocenters. The van der Waals surface area contributed by atoms with Crippen molar-refractivity contribution >= 4 is 17.0 Å². The standard InChI is InChI=1S/C19H23N5O2/c1-4-14-9-12(2)16(13(3)10-14)24-11-15-17(22-24)20-19(21-18(15)25)23-5-7-26-8-6-23/h9-11H,4-8H2,1-3H3,(H,20,21,22,25). The van der Waals surface area contributed by atoms with Crippen molar-refractivity contribution in [1.29, 1.82) is 0 Å². The average molecular weight is 353 g/mol. The first-order chi connectivity index (χ1) is 12.6. The van der Waals surface area contributed by atoms with Crippen LogP contribution in [-0.2, 0) is 11.2 Å². The van der Waals surface area contributed by atoms with Crippen LogP contribution in [0, 0.1) is 13.8 Å². The van der Waals surface area contributed by atoms with Crippen LogP contribution in [0.4, 0.5) is 5.95 Å². The molecule has 1 aromatic carbocycles. The molecule has 1 fully saturated rings. The lowest BCUT2D eigenvalue weighted by atomic mass is 10.0. The largest absolute Gasteiger partial charge is 0.378 e. The number of anilines is 1. The van der Waals surface area contributed by atoms with Gasteiger partial charge in [0.05, 0.1) is 18.9 Å². The summed E-state index contributed by atoms with van der Waals surface area (Å²) in [7, 11) is 0. The number of H-pyrrole nitrogens is 1. The number of rotatable bonds is 3. The maximum absolute atomic E-state index is 12.6. The van der Waals surface area contributed by atoms with Crippen LogP contribution < -0.4 is 10.5 Å². The van der Waals surface area contributed by atoms with E-state index in [2.05, 4.69) is 48.0 Å². The summed E-state index contributed by atoms with van der Waals surface area (Å²) in [5.41, 5.74) is 4.88. The Bertz CT molecular complexity index is 991. The lowest BCUT2D eigenvalue weighted by Crippen LogP contribution is -2.38. The molecular weight excluding hydrogens is 330 g/mol. The number of nitrogens with zero attached hydrogens (tertiary/aromatic N) is 4. The van der Waals surface area contributed by atoms with Gasteiger partial charge in [-0.3, -0.25) is 9.78 Å². The van der Waals surface area contributed by atoms with Crippen LogP contribution in [-0.4, -0.2) is 46.1 Å². The first kappa shape index (κ1) is 16.8. The monoisotopic (exact) mass is 353 g/mol. The van der Waals surface area contributed by atoms with E-state index in [0.29, 0.717) is 43.3 Å². The van der Waals surface area contributed by atoms with Crippen LogP contribution in [0.2, 0.25) is 0 Å². The number of fused-ring (bicyclic) bond motifs is 1. The van der Waals surface area contributed by atoms with E-state index >= 15 is 0 Å². The summed E-state index contributed by atoms with van der Waals surface area (Å²) in [6, 6.07) is 4.34. The smallest absolute Gasteiger partial charge is 0.263 e. The minimum Gasteiger partial charge on any atom is -0.378 e. The second kappa shape index (κ2) is 6.57. The van der Waals surface area contributed by atoms with Gasteiger partial charge in [0.1, 0.15) is 5.39 Å². The molecule has 0 spiro atoms. The zero-order chi connectivity index (χ0) is 18.3. The minimum atomic E-state index is -0.164. The Morgan fingerprint density at radius 3 is 2.54 bits per heavy atom. The summed E-state index contributed by atoms with van der Waals surface area (Å²) < 4.78 is 7.14. The van der Waals surface area contributed by atoms with Crippen LogP contribution >= 0.6 is 0 Å². The Morgan fingerprint density at radius 1 is 1.19 bits per heavy atom. The van der Waals surface area contributed by atoms with Gasteiger partial charge < -0.3 is 9.64 Å². The molecular formula is C19H23N5O2. The molecule has 26 heavy (non-hydrogen) atoms. The van der Waals surface area contributed by atoms with Crippen LogP contribution in [0.1, 0.15) is 23.6 Å². The van der Waals surface area contributed by atoms with Crippen molar-refractivity contribution in [1.82, 2.24) is 19.7 Å². The van der Waals surface area contributed by atoms with Gasteiger partial charge in [-0.25, -0.2) is 4.68 Å². The zero-order valence-corrected chi connectivity index (χ0v) is 15.4. The van der Waals surface area contributed by atoms with Crippen LogP contribution in [0.5, 0.6) is 0 Å². The summed E-state index contributed by atoms with van der Waals surface area (Å²) in [6.45, 7) is 9.00. The summed E-state index contributed by atoms with van der Waals surface area (Å²) in [5, 5.41) is 5.10. The first-order valence-electron chi connectivity index (χ1n) is 8.99. The van der Waals surface area contributed by atoms with Gasteiger partial charge in [0.2, 0.25) is 5.95 Å². The average Bonchev–Trinajstić information content (AvgIpc) is 3.06. The number of hydrogen-bond acceptors (Lipinski definition) is 5. The lowest BCUT2D eigenvalue weighted by molar-refractivity contribution is 0.122. The predicted octanol–water partition coefficient (Wildman–Crippen LogP) is 2.12. The number of aryl methyl sites for hydroxylation is 3. The molecule has 3 aromatic rings. The highest BCUT2D eigenvalue weighted by Gasteiger charge is 2.17. The van der Waals surface area contributed by atoms with Crippen molar-refractivity contribution in [2.24, 2.45) is 0 Å². The highest BCUT2D eigenvalue weighted by molar-refractivity contribution is 5.75. The van der Waals surface area contributed by atoms with Crippen LogP contribution in [0.25, 0.3) is 16.7 Å². The Labute approximate surface area is 151 Å². The Morgan fingerprint density at radius 2 is 1.88 bits per heavy atom. The fraction of sp³-hybridized carbons (Fsp3) is 0.421. The second-order valence-corrected chi connectivity index (χ2v) is 6.73. The highest BCUT2D eigenvalue weighted by atomic mass is 16.5. The van der Waals surface area contributed by atoms with E-state index in [-0.39, 0.29) is 5.56 Å². The van der Waals surface area contributed by atoms with Gasteiger partial charge in [-0.15, -0.1) is 5.10 Å². The maximum atomic E-state index is 12.6. The molecule has 1 N–H and O–H groups in total. The summed E-state index contributed by atoms with van der Waals surface area (Å²) >= 11 is 0. The minimum absolute atomic E-state index is 0.164. The molecule has 2 aromatic heterocycles. The molecule has 1 aliphatic rings. The summed E-state index contributed by atoms with van der Waals surface area (Å²) in [5.74, 6) is 0.561. The number of morpholine rings is 1. The molecule has 7 nitrogen and oxygen atoms in total. The van der Waals surface area contributed by atoms with Crippen molar-refractivity contribution in [2.45, 2.75) is 27.2 Å². The van der Waals surface area contributed by atoms with Gasteiger partial charge in [0, 0.05) is 19.3 Å². The molecule has 4 rings (SSSR count). The molecule has 1 aliphatic heterocycles. The third-order valence-electron chi connectivity index (χ3n) is 4.88. The number of aromatic amines is 1. The molecule has 0 radical (unpaired) electrons. The van der Waals surface area contributed by atoms with E-state index in [0.717, 1.165) is 23.2 Å². The Balaban J connectivity index is 1.81. The topological polar surface area (TPSA) is 76.0 Å². The van der Waals surface area contributed by atoms with E-state index in [1.165, 1.54) is 5.56 Å². The van der Waals surface area contributed by atoms with E-state index in [4.69, 9.17) is 4.74 Å². The molecule has 7 heteroatoms. The van der Waals surface area contributed by atoms with Crippen molar-refractivity contribution in [3.8, 4) is 5.69 Å². The third-order valence-corrected chi connectivity index (χ3v) is 4.88. The highest BCUT2D eigenvalue weighted by Crippen LogP contribution is 2.22. The molecule has 0 aliphatic carbocycles. The van der Waals surface area contributed by atoms with E-state index in [1.54, 1.807) is 10.9 Å². The van der Waals surface area contributed by atoms with Crippen LogP contribution in [0.15, 0.2) is 23.1 Å². The van der Waals surface area contributed by atoms with Crippen molar-refractivity contribution < 1.29 is 4.74 Å². The van der Waals surface area contributed by atoms with E-state index < -0.39 is 0 Å². The SMILES string of the molecule is CCc1cc(C)c(-n2cc3c(=O)[nH]c(N4CCOCC4)nc3n2)c(C)c1. The fourth-order valence-electron chi connectivity index (χ4n) is 3.56. The lowest BCUT2D eigenvalue weighted by Gasteiger charge is -2.26. The normalized spacial score (nSPS) is 15.0. The number of aromatic nitrogens is 4. The Kier molecular flexibility index (Phi) is 4.24. The van der Waals surface area contributed by atoms with Gasteiger partial charge in [0.15, 0.2) is 5.65 Å². The van der Waals surface area contributed by atoms with Gasteiger partial charge in [-0.05, 0) is 37.0 Å². The number of ether oxygens (including phenoxy) is 1. The fourth-order valence-corrected chi connectivity index (χ4v) is 3.56. The number of nitrogens with one attached hydrogen (secondary N) is 1. The summed E-state index contributed by atoms with van der Waals surface area (Å²) in [4.78, 5) is 22.0. The molecule has 3 heterocycles. The first-order valence-corrected chi connectivity index (χ1v) is 8.99. The number of hydrogen-bond donors (Lipinski definition) is 1. The molecule has 0 saturated carbocycles. The number of benzene rings is 1. The molecule has 0 atom stereocenters. The van der Waals surface area contributed by atoms with E-state index in [9.17, 15) is 4.79 Å². The van der Waals surface area contributed by atoms with Crippen molar-refractivity contribution in [3.05, 3.63) is 45.4 Å². The van der Waals surface area contributed by atoms with Gasteiger partial charge >= 0.3 is 0 Å². The molecule has 136 valence electrons. The van der Waals surface area contributed by atoms with Gasteiger partial charge in [-0.1, -0.05) is 19.1 Å². The van der Waals surface area contributed by atoms with Crippen molar-refractivity contribution in [3.63, 3.8) is 0 Å². The quantitative estimate of drug-likeness (QED) is 0.781. The Hall–Kier alpha value is -2.67. The van der Waals surface area contributed by atoms with Gasteiger partial charge in [-0.2, -0.15) is 4.98 Å². The zero-order valence-electron chi connectivity index (χ0n) is 15.4. The van der Waals surface area contributed by atoms with Crippen molar-refractivity contribution in [2.75, 3.05) is 31.2 Å². The van der Waals surface area contributed by atoms with Crippen LogP contribution in [0.3, 0.4) is 0 Å². The third kappa shape index (κ3) is 2.88. The molecule has 0 amide bonds. The summed E-state index contributed by atoms with van der Waals surface area (Å²) in [6.07, 6.45) is 2.76. The molecule has 1 saturated heterocycles. The second-order valence-electron chi connectivity index (χ2n) is 6.73. The van der Waals surface area contributed by atoms with Gasteiger partial charge in [0.25, 0.3) is 5.56 Å².